The van der Waals surface area contributed by atoms with Crippen molar-refractivity contribution in [2.75, 3.05) is 53.3 Å². The fourth-order valence-electron chi connectivity index (χ4n) is 6.96. The molecule has 7 heterocycles. The van der Waals surface area contributed by atoms with Crippen molar-refractivity contribution in [1.82, 2.24) is 15.0 Å². The largest absolute Gasteiger partial charge is 0.381 e. The maximum atomic E-state index is 14.0. The third-order valence-electron chi connectivity index (χ3n) is 9.62. The Kier molecular flexibility index (Phi) is 8.33. The topological polar surface area (TPSA) is 130 Å². The van der Waals surface area contributed by atoms with E-state index in [0.717, 1.165) is 55.1 Å². The van der Waals surface area contributed by atoms with Crippen molar-refractivity contribution in [1.29, 1.82) is 0 Å². The first-order valence-corrected chi connectivity index (χ1v) is 17.5. The molecule has 0 aliphatic carbocycles. The first-order chi connectivity index (χ1) is 24.4. The van der Waals surface area contributed by atoms with Gasteiger partial charge in [-0.15, -0.1) is 11.3 Å². The third-order valence-corrected chi connectivity index (χ3v) is 10.8. The predicted molar refractivity (Wildman–Crippen MR) is 193 cm³/mol. The average molecular weight is 686 g/mol. The number of rotatable bonds is 6. The summed E-state index contributed by atoms with van der Waals surface area (Å²) in [5.41, 5.74) is 5.06. The van der Waals surface area contributed by atoms with Gasteiger partial charge in [0.25, 0.3) is 17.7 Å². The van der Waals surface area contributed by atoms with Crippen LogP contribution in [0.5, 0.6) is 0 Å². The summed E-state index contributed by atoms with van der Waals surface area (Å²) in [5, 5.41) is 5.86. The van der Waals surface area contributed by atoms with E-state index < -0.39 is 0 Å². The summed E-state index contributed by atoms with van der Waals surface area (Å²) >= 11 is 1.36. The monoisotopic (exact) mass is 685 g/mol. The Morgan fingerprint density at radius 1 is 0.880 bits per heavy atom. The molecule has 0 atom stereocenters. The second kappa shape index (κ2) is 13.1. The highest BCUT2D eigenvalue weighted by atomic mass is 32.1. The fraction of sp³-hybridized carbons (Fsp3) is 0.263. The lowest BCUT2D eigenvalue weighted by molar-refractivity contribution is -0.000511. The van der Waals surface area contributed by atoms with Crippen LogP contribution in [0.2, 0.25) is 0 Å². The molecule has 0 radical (unpaired) electrons. The van der Waals surface area contributed by atoms with Crippen LogP contribution in [-0.4, -0.2) is 65.5 Å². The Morgan fingerprint density at radius 3 is 2.46 bits per heavy atom. The zero-order valence-corrected chi connectivity index (χ0v) is 28.3. The normalized spacial score (nSPS) is 16.1. The van der Waals surface area contributed by atoms with Crippen LogP contribution in [0.4, 0.5) is 23.0 Å². The summed E-state index contributed by atoms with van der Waals surface area (Å²) in [5.74, 6) is 0.521. The summed E-state index contributed by atoms with van der Waals surface area (Å²) < 4.78 is 5.56. The third kappa shape index (κ3) is 6.12. The second-order valence-corrected chi connectivity index (χ2v) is 14.1. The minimum atomic E-state index is -0.241. The first kappa shape index (κ1) is 31.8. The van der Waals surface area contributed by atoms with E-state index >= 15 is 0 Å². The van der Waals surface area contributed by atoms with Crippen molar-refractivity contribution in [2.45, 2.75) is 26.2 Å². The second-order valence-electron chi connectivity index (χ2n) is 13.1. The highest BCUT2D eigenvalue weighted by molar-refractivity contribution is 7.17. The number of carbonyl (C=O) groups excluding carboxylic acids is 3. The van der Waals surface area contributed by atoms with Crippen molar-refractivity contribution in [3.8, 4) is 10.6 Å². The van der Waals surface area contributed by atoms with Crippen molar-refractivity contribution in [3.63, 3.8) is 0 Å². The quantitative estimate of drug-likeness (QED) is 0.215. The van der Waals surface area contributed by atoms with Crippen molar-refractivity contribution in [2.24, 2.45) is 5.41 Å². The lowest BCUT2D eigenvalue weighted by atomic mass is 9.73. The predicted octanol–water partition coefficient (Wildman–Crippen LogP) is 6.23. The van der Waals surface area contributed by atoms with Gasteiger partial charge in [0.15, 0.2) is 0 Å². The molecule has 252 valence electrons. The smallest absolute Gasteiger partial charge is 0.266 e. The molecule has 2 N–H and O–H groups in total. The molecule has 3 amide bonds. The summed E-state index contributed by atoms with van der Waals surface area (Å²) in [6.45, 7) is 5.65. The first-order valence-electron chi connectivity index (χ1n) is 16.7. The number of nitrogens with zero attached hydrogens (tertiary/aromatic N) is 5. The number of pyridine rings is 3. The van der Waals surface area contributed by atoms with Crippen LogP contribution in [0, 0.1) is 12.3 Å². The lowest BCUT2D eigenvalue weighted by Gasteiger charge is -2.53. The van der Waals surface area contributed by atoms with E-state index in [9.17, 15) is 14.4 Å². The van der Waals surface area contributed by atoms with E-state index in [0.29, 0.717) is 57.7 Å². The molecule has 1 aromatic carbocycles. The van der Waals surface area contributed by atoms with Crippen LogP contribution in [0.3, 0.4) is 0 Å². The summed E-state index contributed by atoms with van der Waals surface area (Å²) in [6, 6.07) is 19.8. The lowest BCUT2D eigenvalue weighted by Crippen LogP contribution is -2.59. The minimum Gasteiger partial charge on any atom is -0.381 e. The van der Waals surface area contributed by atoms with Crippen molar-refractivity contribution in [3.05, 3.63) is 112 Å². The molecular formula is C38H35N7O4S. The molecule has 3 aliphatic heterocycles. The number of fused-ring (bicyclic) bond motifs is 3. The highest BCUT2D eigenvalue weighted by Crippen LogP contribution is 2.43. The number of nitrogens with one attached hydrogen (secondary N) is 2. The van der Waals surface area contributed by atoms with Gasteiger partial charge in [0, 0.05) is 68.1 Å². The van der Waals surface area contributed by atoms with E-state index in [1.54, 1.807) is 59.9 Å². The Bertz CT molecular complexity index is 2090. The Hall–Kier alpha value is -5.46. The number of aryl methyl sites for hydroxylation is 1. The number of benzene rings is 1. The van der Waals surface area contributed by atoms with Crippen LogP contribution < -0.4 is 20.4 Å². The molecule has 5 aromatic rings. The summed E-state index contributed by atoms with van der Waals surface area (Å²) in [4.78, 5) is 59.4. The highest BCUT2D eigenvalue weighted by Gasteiger charge is 2.45. The maximum Gasteiger partial charge on any atom is 0.266 e. The zero-order valence-electron chi connectivity index (χ0n) is 27.5. The molecule has 1 spiro atoms. The molecule has 11 nitrogen and oxygen atoms in total. The number of hydrogen-bond donors (Lipinski definition) is 2. The average Bonchev–Trinajstić information content (AvgIpc) is 3.50. The van der Waals surface area contributed by atoms with E-state index in [1.165, 1.54) is 11.3 Å². The van der Waals surface area contributed by atoms with Crippen LogP contribution in [0.15, 0.2) is 85.3 Å². The number of aromatic nitrogens is 3. The Balaban J connectivity index is 0.973. The van der Waals surface area contributed by atoms with Gasteiger partial charge in [-0.3, -0.25) is 19.4 Å². The van der Waals surface area contributed by atoms with Gasteiger partial charge in [-0.05, 0) is 98.0 Å². The Morgan fingerprint density at radius 2 is 1.68 bits per heavy atom. The van der Waals surface area contributed by atoms with Crippen LogP contribution in [-0.2, 0) is 11.2 Å². The summed E-state index contributed by atoms with van der Waals surface area (Å²) in [7, 11) is 0. The van der Waals surface area contributed by atoms with Gasteiger partial charge in [-0.25, -0.2) is 9.97 Å². The number of hydrogen-bond acceptors (Lipinski definition) is 9. The molecule has 4 aromatic heterocycles. The zero-order chi connectivity index (χ0) is 34.2. The summed E-state index contributed by atoms with van der Waals surface area (Å²) in [6.07, 6.45) is 7.74. The van der Waals surface area contributed by atoms with E-state index in [-0.39, 0.29) is 23.1 Å². The number of thiophene rings is 1. The van der Waals surface area contributed by atoms with E-state index in [1.807, 2.05) is 37.3 Å². The molecule has 2 fully saturated rings. The van der Waals surface area contributed by atoms with Gasteiger partial charge < -0.3 is 25.2 Å². The number of anilines is 4. The molecule has 0 unspecified atom stereocenters. The van der Waals surface area contributed by atoms with Gasteiger partial charge in [-0.2, -0.15) is 0 Å². The molecule has 8 rings (SSSR count). The molecule has 0 saturated carbocycles. The molecular weight excluding hydrogens is 651 g/mol. The maximum absolute atomic E-state index is 14.0. The molecule has 12 heteroatoms. The minimum absolute atomic E-state index is 0.176. The van der Waals surface area contributed by atoms with Gasteiger partial charge in [-0.1, -0.05) is 6.07 Å². The van der Waals surface area contributed by atoms with Gasteiger partial charge >= 0.3 is 0 Å². The van der Waals surface area contributed by atoms with Crippen LogP contribution >= 0.6 is 11.3 Å². The molecule has 50 heavy (non-hydrogen) atoms. The molecule has 0 bridgehead atoms. The van der Waals surface area contributed by atoms with Crippen LogP contribution in [0.25, 0.3) is 10.6 Å². The fourth-order valence-corrected chi connectivity index (χ4v) is 8.07. The number of amides is 3. The molecule has 2 saturated heterocycles. The van der Waals surface area contributed by atoms with Crippen molar-refractivity contribution >= 4 is 52.1 Å². The van der Waals surface area contributed by atoms with Gasteiger partial charge in [0.1, 0.15) is 17.3 Å². The standard InChI is InChI=1S/C38H35N7O4S/c1-24-19-28(34(41-21-24)44-22-38(23-44)12-17-49-18-13-38)35(46)42-27-9-7-25(8-10-27)37(48)45-16-11-26-20-30(36(47)43-31-6-2-3-14-39-31)50-33(26)32-29(45)5-4-15-40-32/h2-10,14-15,19-21H,11-13,16-18,22-23H2,1H3,(H,42,46)(H,39,43,47). The Labute approximate surface area is 293 Å². The number of ether oxygens (including phenoxy) is 1. The van der Waals surface area contributed by atoms with Crippen LogP contribution in [0.1, 0.15) is 54.4 Å². The van der Waals surface area contributed by atoms with E-state index in [4.69, 9.17) is 4.74 Å². The van der Waals surface area contributed by atoms with Gasteiger partial charge in [0.05, 0.1) is 21.0 Å². The van der Waals surface area contributed by atoms with Gasteiger partial charge in [0.2, 0.25) is 0 Å². The molecule has 3 aliphatic rings. The van der Waals surface area contributed by atoms with Crippen molar-refractivity contribution < 1.29 is 19.1 Å². The SMILES string of the molecule is Cc1cnc(N2CC3(CCOCC3)C2)c(C(=O)Nc2ccc(C(=O)N3CCc4cc(C(=O)Nc5ccccn5)sc4-c4ncccc43)cc2)c1. The number of carbonyl (C=O) groups is 3. The van der Waals surface area contributed by atoms with E-state index in [2.05, 4.69) is 30.5 Å².